The Morgan fingerprint density at radius 2 is 1.71 bits per heavy atom. The highest BCUT2D eigenvalue weighted by atomic mass is 16.5. The first-order valence-electron chi connectivity index (χ1n) is 12.3. The Morgan fingerprint density at radius 1 is 0.974 bits per heavy atom. The van der Waals surface area contributed by atoms with Crippen LogP contribution in [0.1, 0.15) is 25.5 Å². The lowest BCUT2D eigenvalue weighted by Crippen LogP contribution is -2.31. The zero-order chi connectivity index (χ0) is 26.6. The molecule has 1 unspecified atom stereocenters. The first kappa shape index (κ1) is 24.9. The van der Waals surface area contributed by atoms with Gasteiger partial charge in [0, 0.05) is 11.4 Å². The second-order valence-corrected chi connectivity index (χ2v) is 8.63. The minimum Gasteiger partial charge on any atom is -0.496 e. The van der Waals surface area contributed by atoms with E-state index in [-0.39, 0.29) is 5.91 Å². The summed E-state index contributed by atoms with van der Waals surface area (Å²) in [4.78, 5) is 18.5. The van der Waals surface area contributed by atoms with Gasteiger partial charge < -0.3 is 24.8 Å². The van der Waals surface area contributed by atoms with Gasteiger partial charge in [-0.1, -0.05) is 36.4 Å². The molecule has 194 valence electrons. The van der Waals surface area contributed by atoms with Gasteiger partial charge in [0.1, 0.15) is 11.8 Å². The van der Waals surface area contributed by atoms with Crippen molar-refractivity contribution in [2.24, 2.45) is 0 Å². The molecule has 9 nitrogen and oxygen atoms in total. The van der Waals surface area contributed by atoms with E-state index < -0.39 is 6.04 Å². The van der Waals surface area contributed by atoms with Crippen molar-refractivity contribution in [2.75, 3.05) is 31.5 Å². The molecule has 3 aromatic carbocycles. The predicted molar refractivity (Wildman–Crippen MR) is 146 cm³/mol. The monoisotopic (exact) mass is 511 g/mol. The highest BCUT2D eigenvalue weighted by molar-refractivity contribution is 6.06. The summed E-state index contributed by atoms with van der Waals surface area (Å²) in [7, 11) is 3.20. The lowest BCUT2D eigenvalue weighted by molar-refractivity contribution is -0.113. The lowest BCUT2D eigenvalue weighted by Gasteiger charge is -2.29. The summed E-state index contributed by atoms with van der Waals surface area (Å²) in [6.07, 6.45) is 0. The smallest absolute Gasteiger partial charge is 0.255 e. The number of benzene rings is 3. The van der Waals surface area contributed by atoms with E-state index in [9.17, 15) is 4.79 Å². The molecule has 0 saturated heterocycles. The molecule has 38 heavy (non-hydrogen) atoms. The van der Waals surface area contributed by atoms with Crippen LogP contribution < -0.4 is 24.8 Å². The number of amides is 1. The minimum absolute atomic E-state index is 0.251. The van der Waals surface area contributed by atoms with E-state index in [1.54, 1.807) is 18.9 Å². The Hall–Kier alpha value is -4.79. The number of para-hydroxylation sites is 2. The number of methoxy groups -OCH3 is 2. The first-order valence-corrected chi connectivity index (χ1v) is 12.3. The van der Waals surface area contributed by atoms with Crippen LogP contribution in [0.15, 0.2) is 84.1 Å². The molecule has 0 bridgehead atoms. The summed E-state index contributed by atoms with van der Waals surface area (Å²) in [5.74, 6) is 2.58. The maximum absolute atomic E-state index is 13.7. The number of carbonyl (C=O) groups is 1. The molecule has 0 fully saturated rings. The Kier molecular flexibility index (Phi) is 6.99. The van der Waals surface area contributed by atoms with Crippen LogP contribution in [0.4, 0.5) is 11.6 Å². The molecule has 1 aliphatic heterocycles. The number of allylic oxidation sites excluding steroid dienone is 1. The average Bonchev–Trinajstić information content (AvgIpc) is 3.36. The highest BCUT2D eigenvalue weighted by Gasteiger charge is 2.35. The minimum atomic E-state index is -0.588. The average molecular weight is 512 g/mol. The van der Waals surface area contributed by atoms with E-state index in [0.29, 0.717) is 52.6 Å². The van der Waals surface area contributed by atoms with E-state index >= 15 is 0 Å². The van der Waals surface area contributed by atoms with Gasteiger partial charge in [0.05, 0.1) is 32.0 Å². The van der Waals surface area contributed by atoms with Gasteiger partial charge in [-0.3, -0.25) is 4.79 Å². The van der Waals surface area contributed by atoms with Crippen molar-refractivity contribution < 1.29 is 19.0 Å². The molecule has 1 atom stereocenters. The number of ether oxygens (including phenoxy) is 3. The molecule has 0 aliphatic carbocycles. The summed E-state index contributed by atoms with van der Waals surface area (Å²) in [5, 5.41) is 11.1. The fourth-order valence-corrected chi connectivity index (χ4v) is 4.55. The number of nitrogens with zero attached hydrogens (tertiary/aromatic N) is 3. The van der Waals surface area contributed by atoms with Gasteiger partial charge in [0.2, 0.25) is 5.95 Å². The van der Waals surface area contributed by atoms with E-state index in [1.807, 2.05) is 86.6 Å². The standard InChI is InChI=1S/C29H29N5O4/c1-5-38-23-16-15-19(17-24(23)37-4)26-25(28(35)31-20-11-7-6-8-12-20)18(2)30-29-32-27(33-34(26)29)21-13-9-10-14-22(21)36-3/h6-17,26H,5H2,1-4H3,(H,31,35)(H,30,32,33). The quantitative estimate of drug-likeness (QED) is 0.332. The van der Waals surface area contributed by atoms with Crippen molar-refractivity contribution in [3.05, 3.63) is 89.6 Å². The number of fused-ring (bicyclic) bond motifs is 1. The zero-order valence-corrected chi connectivity index (χ0v) is 21.7. The summed E-state index contributed by atoms with van der Waals surface area (Å²) in [6.45, 7) is 4.28. The third kappa shape index (κ3) is 4.66. The normalized spacial score (nSPS) is 14.4. The van der Waals surface area contributed by atoms with Gasteiger partial charge >= 0.3 is 0 Å². The number of nitrogens with one attached hydrogen (secondary N) is 2. The Bertz CT molecular complexity index is 1500. The zero-order valence-electron chi connectivity index (χ0n) is 21.7. The van der Waals surface area contributed by atoms with Gasteiger partial charge in [0.15, 0.2) is 17.3 Å². The molecule has 9 heteroatoms. The second-order valence-electron chi connectivity index (χ2n) is 8.63. The van der Waals surface area contributed by atoms with E-state index in [1.165, 1.54) is 0 Å². The summed E-state index contributed by atoms with van der Waals surface area (Å²) >= 11 is 0. The van der Waals surface area contributed by atoms with Gasteiger partial charge in [-0.15, -0.1) is 5.10 Å². The third-order valence-corrected chi connectivity index (χ3v) is 6.28. The largest absolute Gasteiger partial charge is 0.496 e. The fourth-order valence-electron chi connectivity index (χ4n) is 4.55. The van der Waals surface area contributed by atoms with Gasteiger partial charge in [-0.2, -0.15) is 4.98 Å². The Morgan fingerprint density at radius 3 is 2.45 bits per heavy atom. The summed E-state index contributed by atoms with van der Waals surface area (Å²) in [5.41, 5.74) is 3.41. The molecular weight excluding hydrogens is 482 g/mol. The van der Waals surface area contributed by atoms with Crippen LogP contribution in [0.25, 0.3) is 11.4 Å². The van der Waals surface area contributed by atoms with Crippen LogP contribution in [-0.2, 0) is 4.79 Å². The molecule has 1 aromatic heterocycles. The molecule has 2 N–H and O–H groups in total. The van der Waals surface area contributed by atoms with Crippen LogP contribution in [-0.4, -0.2) is 41.5 Å². The summed E-state index contributed by atoms with van der Waals surface area (Å²) < 4.78 is 18.6. The number of rotatable bonds is 8. The molecule has 1 aliphatic rings. The van der Waals surface area contributed by atoms with E-state index in [0.717, 1.165) is 11.1 Å². The number of anilines is 2. The van der Waals surface area contributed by atoms with Gasteiger partial charge in [-0.25, -0.2) is 4.68 Å². The summed E-state index contributed by atoms with van der Waals surface area (Å²) in [6, 6.07) is 22.0. The maximum atomic E-state index is 13.7. The molecule has 0 radical (unpaired) electrons. The van der Waals surface area contributed by atoms with Crippen molar-refractivity contribution in [1.82, 2.24) is 14.8 Å². The van der Waals surface area contributed by atoms with Gasteiger partial charge in [0.25, 0.3) is 5.91 Å². The second kappa shape index (κ2) is 10.7. The van der Waals surface area contributed by atoms with Crippen molar-refractivity contribution in [3.63, 3.8) is 0 Å². The number of aromatic nitrogens is 3. The van der Waals surface area contributed by atoms with Crippen LogP contribution in [0.2, 0.25) is 0 Å². The number of carbonyl (C=O) groups excluding carboxylic acids is 1. The van der Waals surface area contributed by atoms with E-state index in [2.05, 4.69) is 10.6 Å². The highest BCUT2D eigenvalue weighted by Crippen LogP contribution is 2.40. The molecule has 5 rings (SSSR count). The molecule has 0 saturated carbocycles. The number of hydrogen-bond donors (Lipinski definition) is 2. The van der Waals surface area contributed by atoms with Crippen LogP contribution >= 0.6 is 0 Å². The maximum Gasteiger partial charge on any atom is 0.255 e. The molecule has 2 heterocycles. The van der Waals surface area contributed by atoms with Crippen LogP contribution in [0.5, 0.6) is 17.2 Å². The molecule has 4 aromatic rings. The molecule has 1 amide bonds. The number of hydrogen-bond acceptors (Lipinski definition) is 7. The Labute approximate surface area is 221 Å². The molecule has 0 spiro atoms. The van der Waals surface area contributed by atoms with Crippen molar-refractivity contribution >= 4 is 17.5 Å². The predicted octanol–water partition coefficient (Wildman–Crippen LogP) is 5.29. The first-order chi connectivity index (χ1) is 18.5. The van der Waals surface area contributed by atoms with Crippen LogP contribution in [0.3, 0.4) is 0 Å². The van der Waals surface area contributed by atoms with Crippen molar-refractivity contribution in [2.45, 2.75) is 19.9 Å². The molecular formula is C29H29N5O4. The van der Waals surface area contributed by atoms with Gasteiger partial charge in [-0.05, 0) is 55.8 Å². The Balaban J connectivity index is 1.64. The topological polar surface area (TPSA) is 99.5 Å². The fraction of sp³-hybridized carbons (Fsp3) is 0.207. The van der Waals surface area contributed by atoms with E-state index in [4.69, 9.17) is 24.3 Å². The van der Waals surface area contributed by atoms with Crippen molar-refractivity contribution in [3.8, 4) is 28.6 Å². The third-order valence-electron chi connectivity index (χ3n) is 6.28. The van der Waals surface area contributed by atoms with Crippen LogP contribution in [0, 0.1) is 0 Å². The SMILES string of the molecule is CCOc1ccc(C2C(C(=O)Nc3ccccc3)=C(C)Nc3nc(-c4ccccc4OC)nn32)cc1OC. The van der Waals surface area contributed by atoms with Crippen molar-refractivity contribution in [1.29, 1.82) is 0 Å². The lowest BCUT2D eigenvalue weighted by atomic mass is 9.94.